The first kappa shape index (κ1) is 18.8. The third kappa shape index (κ3) is 4.06. The molecule has 3 aromatic rings. The molecule has 1 amide bonds. The molecule has 2 heterocycles. The third-order valence-electron chi connectivity index (χ3n) is 4.29. The molecule has 8 heteroatoms. The molecule has 0 saturated heterocycles. The lowest BCUT2D eigenvalue weighted by Gasteiger charge is -2.24. The number of carbonyl (C=O) groups excluding carboxylic acids is 1. The number of hydrogen-bond acceptors (Lipinski definition) is 5. The highest BCUT2D eigenvalue weighted by Gasteiger charge is 2.30. The first-order valence-electron chi connectivity index (χ1n) is 8.37. The lowest BCUT2D eigenvalue weighted by molar-refractivity contribution is -0.141. The van der Waals surface area contributed by atoms with Gasteiger partial charge in [-0.15, -0.1) is 11.3 Å². The molecule has 1 aromatic carbocycles. The summed E-state index contributed by atoms with van der Waals surface area (Å²) in [7, 11) is 3.33. The van der Waals surface area contributed by atoms with Gasteiger partial charge in [-0.05, 0) is 12.5 Å². The van der Waals surface area contributed by atoms with E-state index in [1.54, 1.807) is 17.8 Å². The summed E-state index contributed by atoms with van der Waals surface area (Å²) in [5, 5.41) is 14.4. The number of aromatic nitrogens is 3. The van der Waals surface area contributed by atoms with Crippen molar-refractivity contribution in [3.63, 3.8) is 0 Å². The number of carboxylic acid groups (broad SMARTS) is 1. The number of carbonyl (C=O) groups is 2. The van der Waals surface area contributed by atoms with Crippen molar-refractivity contribution in [3.05, 3.63) is 58.9 Å². The number of amides is 1. The average Bonchev–Trinajstić information content (AvgIpc) is 3.25. The third-order valence-corrected chi connectivity index (χ3v) is 5.48. The number of nitrogens with zero attached hydrogens (tertiary/aromatic N) is 4. The number of carboxylic acids is 1. The molecule has 1 unspecified atom stereocenters. The lowest BCUT2D eigenvalue weighted by atomic mass is 10.0. The highest BCUT2D eigenvalue weighted by Crippen LogP contribution is 2.28. The zero-order chi connectivity index (χ0) is 19.6. The number of aliphatic carboxylic acids is 1. The number of aryl methyl sites for hydroxylation is 2. The Bertz CT molecular complexity index is 965. The van der Waals surface area contributed by atoms with E-state index in [-0.39, 0.29) is 12.3 Å². The summed E-state index contributed by atoms with van der Waals surface area (Å²) in [4.78, 5) is 30.9. The second-order valence-electron chi connectivity index (χ2n) is 6.30. The van der Waals surface area contributed by atoms with Crippen LogP contribution in [-0.2, 0) is 18.3 Å². The molecule has 0 aliphatic carbocycles. The summed E-state index contributed by atoms with van der Waals surface area (Å²) < 4.78 is 1.67. The lowest BCUT2D eigenvalue weighted by Crippen LogP contribution is -2.43. The summed E-state index contributed by atoms with van der Waals surface area (Å²) in [5.74, 6) is -1.38. The van der Waals surface area contributed by atoms with Crippen LogP contribution < -0.4 is 0 Å². The van der Waals surface area contributed by atoms with Gasteiger partial charge in [0.25, 0.3) is 5.91 Å². The monoisotopic (exact) mass is 384 g/mol. The van der Waals surface area contributed by atoms with Crippen molar-refractivity contribution < 1.29 is 14.7 Å². The summed E-state index contributed by atoms with van der Waals surface area (Å²) in [6.45, 7) is 1.75. The van der Waals surface area contributed by atoms with E-state index in [0.717, 1.165) is 11.1 Å². The van der Waals surface area contributed by atoms with Gasteiger partial charge in [0.2, 0.25) is 0 Å². The minimum absolute atomic E-state index is 0.242. The van der Waals surface area contributed by atoms with E-state index in [2.05, 4.69) is 10.1 Å². The number of rotatable bonds is 6. The molecule has 140 valence electrons. The Hall–Kier alpha value is -3.00. The van der Waals surface area contributed by atoms with Crippen LogP contribution in [0.15, 0.2) is 42.7 Å². The van der Waals surface area contributed by atoms with Crippen LogP contribution in [0.5, 0.6) is 0 Å². The van der Waals surface area contributed by atoms with Crippen LogP contribution in [0.25, 0.3) is 10.6 Å². The normalized spacial score (nSPS) is 12.0. The molecule has 0 spiro atoms. The van der Waals surface area contributed by atoms with Crippen molar-refractivity contribution in [3.8, 4) is 10.6 Å². The molecule has 0 aliphatic rings. The van der Waals surface area contributed by atoms with E-state index >= 15 is 0 Å². The highest BCUT2D eigenvalue weighted by molar-refractivity contribution is 7.17. The van der Waals surface area contributed by atoms with Crippen LogP contribution in [0.2, 0.25) is 0 Å². The van der Waals surface area contributed by atoms with Crippen LogP contribution in [0.1, 0.15) is 20.9 Å². The van der Waals surface area contributed by atoms with Gasteiger partial charge in [-0.1, -0.05) is 30.3 Å². The molecule has 1 N–H and O–H groups in total. The van der Waals surface area contributed by atoms with Crippen LogP contribution in [0.4, 0.5) is 0 Å². The van der Waals surface area contributed by atoms with Crippen LogP contribution >= 0.6 is 11.3 Å². The highest BCUT2D eigenvalue weighted by atomic mass is 32.1. The zero-order valence-electron chi connectivity index (χ0n) is 15.3. The van der Waals surface area contributed by atoms with E-state index in [1.165, 1.54) is 23.3 Å². The van der Waals surface area contributed by atoms with E-state index in [1.807, 2.05) is 43.6 Å². The van der Waals surface area contributed by atoms with Crippen molar-refractivity contribution in [1.82, 2.24) is 19.7 Å². The number of benzene rings is 1. The fourth-order valence-electron chi connectivity index (χ4n) is 2.78. The van der Waals surface area contributed by atoms with Gasteiger partial charge in [0, 0.05) is 32.3 Å². The summed E-state index contributed by atoms with van der Waals surface area (Å²) in [6.07, 6.45) is 3.75. The summed E-state index contributed by atoms with van der Waals surface area (Å²) in [6, 6.07) is 8.32. The Morgan fingerprint density at radius 2 is 2.00 bits per heavy atom. The molecule has 2 aromatic heterocycles. The van der Waals surface area contributed by atoms with Gasteiger partial charge in [-0.2, -0.15) is 5.10 Å². The predicted octanol–water partition coefficient (Wildman–Crippen LogP) is 2.62. The van der Waals surface area contributed by atoms with E-state index in [4.69, 9.17) is 0 Å². The molecular formula is C19H20N4O3S. The predicted molar refractivity (Wildman–Crippen MR) is 103 cm³/mol. The van der Waals surface area contributed by atoms with Crippen molar-refractivity contribution in [2.24, 2.45) is 7.05 Å². The van der Waals surface area contributed by atoms with Crippen molar-refractivity contribution in [2.45, 2.75) is 19.4 Å². The van der Waals surface area contributed by atoms with Crippen molar-refractivity contribution >= 4 is 23.2 Å². The Labute approximate surface area is 160 Å². The van der Waals surface area contributed by atoms with Crippen LogP contribution in [0.3, 0.4) is 0 Å². The minimum atomic E-state index is -1.04. The maximum atomic E-state index is 13.0. The van der Waals surface area contributed by atoms with Gasteiger partial charge in [-0.3, -0.25) is 9.48 Å². The molecular weight excluding hydrogens is 364 g/mol. The molecule has 0 radical (unpaired) electrons. The van der Waals surface area contributed by atoms with E-state index in [0.29, 0.717) is 15.6 Å². The smallest absolute Gasteiger partial charge is 0.326 e. The Morgan fingerprint density at radius 1 is 1.30 bits per heavy atom. The van der Waals surface area contributed by atoms with Crippen LogP contribution in [0, 0.1) is 6.92 Å². The maximum absolute atomic E-state index is 13.0. The quantitative estimate of drug-likeness (QED) is 0.706. The first-order valence-corrected chi connectivity index (χ1v) is 9.18. The fourth-order valence-corrected chi connectivity index (χ4v) is 3.80. The van der Waals surface area contributed by atoms with Gasteiger partial charge in [0.1, 0.15) is 15.9 Å². The molecule has 0 bridgehead atoms. The first-order chi connectivity index (χ1) is 12.9. The molecule has 1 atom stereocenters. The topological polar surface area (TPSA) is 88.3 Å². The van der Waals surface area contributed by atoms with E-state index < -0.39 is 12.0 Å². The molecule has 3 rings (SSSR count). The Balaban J connectivity index is 1.85. The van der Waals surface area contributed by atoms with Gasteiger partial charge in [-0.25, -0.2) is 9.78 Å². The number of likely N-dealkylation sites (N-methyl/N-ethyl adjacent to an activating group) is 1. The van der Waals surface area contributed by atoms with Crippen molar-refractivity contribution in [1.29, 1.82) is 0 Å². The van der Waals surface area contributed by atoms with E-state index in [9.17, 15) is 14.7 Å². The second-order valence-corrected chi connectivity index (χ2v) is 7.30. The van der Waals surface area contributed by atoms with Gasteiger partial charge < -0.3 is 10.0 Å². The van der Waals surface area contributed by atoms with Gasteiger partial charge in [0.05, 0.1) is 11.9 Å². The zero-order valence-corrected chi connectivity index (χ0v) is 16.1. The van der Waals surface area contributed by atoms with Crippen molar-refractivity contribution in [2.75, 3.05) is 7.05 Å². The minimum Gasteiger partial charge on any atom is -0.480 e. The molecule has 27 heavy (non-hydrogen) atoms. The van der Waals surface area contributed by atoms with Crippen LogP contribution in [-0.4, -0.2) is 49.7 Å². The Kier molecular flexibility index (Phi) is 5.36. The average molecular weight is 384 g/mol. The second kappa shape index (κ2) is 7.71. The number of thiazole rings is 1. The van der Waals surface area contributed by atoms with Gasteiger partial charge in [0.15, 0.2) is 0 Å². The SMILES string of the molecule is Cc1nc(-c2cnn(C)c2)sc1C(=O)N(C)C(Cc1ccccc1)C(=O)O. The molecule has 7 nitrogen and oxygen atoms in total. The fraction of sp³-hybridized carbons (Fsp3) is 0.263. The molecule has 0 saturated carbocycles. The molecule has 0 fully saturated rings. The number of hydrogen-bond donors (Lipinski definition) is 1. The molecule has 0 aliphatic heterocycles. The Morgan fingerprint density at radius 3 is 2.59 bits per heavy atom. The van der Waals surface area contributed by atoms with Gasteiger partial charge >= 0.3 is 5.97 Å². The summed E-state index contributed by atoms with van der Waals surface area (Å²) in [5.41, 5.74) is 2.27. The standard InChI is InChI=1S/C19H20N4O3S/c1-12-16(27-17(21-12)14-10-20-22(2)11-14)18(24)23(3)15(19(25)26)9-13-7-5-4-6-8-13/h4-8,10-11,15H,9H2,1-3H3,(H,25,26). The largest absolute Gasteiger partial charge is 0.480 e. The summed E-state index contributed by atoms with van der Waals surface area (Å²) >= 11 is 1.25. The maximum Gasteiger partial charge on any atom is 0.326 e.